The summed E-state index contributed by atoms with van der Waals surface area (Å²) in [6.07, 6.45) is -10.9. The van der Waals surface area contributed by atoms with Crippen molar-refractivity contribution in [3.05, 3.63) is 116 Å². The Hall–Kier alpha value is -4.85. The lowest BCUT2D eigenvalue weighted by molar-refractivity contribution is -0.140. The molecule has 2 heterocycles. The van der Waals surface area contributed by atoms with Crippen LogP contribution in [0.3, 0.4) is 0 Å². The number of hydrogen-bond acceptors (Lipinski definition) is 4. The molecule has 15 heteroatoms. The Balaban J connectivity index is 1.84. The highest BCUT2D eigenvalue weighted by atomic mass is 35.5. The zero-order chi connectivity index (χ0) is 33.7. The minimum absolute atomic E-state index is 0.00226. The average Bonchev–Trinajstić information content (AvgIpc) is 2.93. The van der Waals surface area contributed by atoms with E-state index in [1.807, 2.05) is 0 Å². The zero-order valence-electron chi connectivity index (χ0n) is 23.3. The molecule has 7 nitrogen and oxygen atoms in total. The van der Waals surface area contributed by atoms with Crippen molar-refractivity contribution in [2.24, 2.45) is 0 Å². The summed E-state index contributed by atoms with van der Waals surface area (Å²) < 4.78 is 105. The van der Waals surface area contributed by atoms with Gasteiger partial charge in [0.1, 0.15) is 23.4 Å². The molecular weight excluding hydrogens is 649 g/mol. The summed E-state index contributed by atoms with van der Waals surface area (Å²) in [6, 6.07) is 7.69. The summed E-state index contributed by atoms with van der Waals surface area (Å²) in [7, 11) is 0. The number of carbonyl (C=O) groups is 2. The van der Waals surface area contributed by atoms with E-state index in [1.54, 1.807) is 13.0 Å². The Morgan fingerprint density at radius 3 is 2.30 bits per heavy atom. The predicted octanol–water partition coefficient (Wildman–Crippen LogP) is 7.68. The number of carboxylic acids is 1. The summed E-state index contributed by atoms with van der Waals surface area (Å²) in [5.41, 5.74) is -5.23. The van der Waals surface area contributed by atoms with Crippen LogP contribution in [0.15, 0.2) is 71.7 Å². The largest absolute Gasteiger partial charge is 0.481 e. The van der Waals surface area contributed by atoms with Gasteiger partial charge in [0.25, 0.3) is 5.56 Å². The quantitative estimate of drug-likeness (QED) is 0.218. The Kier molecular flexibility index (Phi) is 8.36. The van der Waals surface area contributed by atoms with Gasteiger partial charge in [0, 0.05) is 23.4 Å². The van der Waals surface area contributed by atoms with Crippen LogP contribution in [0.5, 0.6) is 11.5 Å². The number of aryl methyl sites for hydroxylation is 1. The molecule has 0 aliphatic carbocycles. The van der Waals surface area contributed by atoms with Crippen molar-refractivity contribution in [2.45, 2.75) is 37.8 Å². The number of carboxylic acid groups (broad SMARTS) is 1. The standard InChI is InChI=1S/C31H20ClF7N2O5/c1-14-4-2-7-23-26(14)16-9-18(27(33)20(10-16)31(37,38)39)22(12-25(43)44)40-29(45)28(15-5-3-6-17(8-15)46-23)41-13-21(32)19(11-24(41)42)30(34,35)36/h2-11,13,22,28H,12H2,1H3,(H,40,45)(H,43,44)/t22-,28-/m0/s1. The second-order valence-corrected chi connectivity index (χ2v) is 10.8. The van der Waals surface area contributed by atoms with Gasteiger partial charge in [0.15, 0.2) is 0 Å². The van der Waals surface area contributed by atoms with Crippen molar-refractivity contribution in [1.29, 1.82) is 0 Å². The van der Waals surface area contributed by atoms with Crippen LogP contribution < -0.4 is 15.6 Å². The second-order valence-electron chi connectivity index (χ2n) is 10.4. The molecule has 1 aromatic heterocycles. The summed E-state index contributed by atoms with van der Waals surface area (Å²) in [5.74, 6) is -4.76. The second kappa shape index (κ2) is 11.8. The molecular formula is C31H20ClF7N2O5. The number of carbonyl (C=O) groups excluding carboxylic acids is 1. The van der Waals surface area contributed by atoms with Crippen LogP contribution in [0.2, 0.25) is 5.02 Å². The number of amides is 1. The highest BCUT2D eigenvalue weighted by molar-refractivity contribution is 6.31. The van der Waals surface area contributed by atoms with Crippen molar-refractivity contribution >= 4 is 23.5 Å². The smallest absolute Gasteiger partial charge is 0.419 e. The van der Waals surface area contributed by atoms with Crippen LogP contribution in [-0.2, 0) is 21.9 Å². The molecule has 4 aromatic rings. The van der Waals surface area contributed by atoms with E-state index >= 15 is 4.39 Å². The van der Waals surface area contributed by atoms with Gasteiger partial charge in [-0.05, 0) is 53.9 Å². The van der Waals surface area contributed by atoms with E-state index in [0.29, 0.717) is 22.4 Å². The first-order valence-corrected chi connectivity index (χ1v) is 13.6. The van der Waals surface area contributed by atoms with Gasteiger partial charge in [-0.15, -0.1) is 0 Å². The molecule has 4 bridgehead atoms. The molecule has 0 saturated carbocycles. The van der Waals surface area contributed by atoms with E-state index < -0.39 is 75.8 Å². The molecule has 0 spiro atoms. The van der Waals surface area contributed by atoms with Crippen molar-refractivity contribution in [3.8, 4) is 22.6 Å². The number of fused-ring (bicyclic) bond motifs is 6. The van der Waals surface area contributed by atoms with E-state index in [-0.39, 0.29) is 34.3 Å². The lowest BCUT2D eigenvalue weighted by Crippen LogP contribution is -2.40. The number of ether oxygens (including phenoxy) is 1. The van der Waals surface area contributed by atoms with Gasteiger partial charge in [-0.2, -0.15) is 26.3 Å². The summed E-state index contributed by atoms with van der Waals surface area (Å²) in [5, 5.41) is 10.9. The molecule has 1 aliphatic heterocycles. The first-order valence-electron chi connectivity index (χ1n) is 13.2. The number of nitrogens with zero attached hydrogens (tertiary/aromatic N) is 1. The maximum absolute atomic E-state index is 15.7. The molecule has 0 unspecified atom stereocenters. The van der Waals surface area contributed by atoms with Crippen LogP contribution in [0.4, 0.5) is 30.7 Å². The fraction of sp³-hybridized carbons (Fsp3) is 0.194. The van der Waals surface area contributed by atoms with Crippen LogP contribution in [0.25, 0.3) is 11.1 Å². The highest BCUT2D eigenvalue weighted by Gasteiger charge is 2.39. The Morgan fingerprint density at radius 2 is 1.65 bits per heavy atom. The molecule has 240 valence electrons. The fourth-order valence-corrected chi connectivity index (χ4v) is 5.53. The average molecular weight is 669 g/mol. The highest BCUT2D eigenvalue weighted by Crippen LogP contribution is 2.43. The van der Waals surface area contributed by atoms with Gasteiger partial charge >= 0.3 is 18.3 Å². The Bertz CT molecular complexity index is 1940. The molecule has 2 N–H and O–H groups in total. The maximum Gasteiger partial charge on any atom is 0.419 e. The summed E-state index contributed by atoms with van der Waals surface area (Å²) in [6.45, 7) is 1.56. The molecule has 5 rings (SSSR count). The predicted molar refractivity (Wildman–Crippen MR) is 150 cm³/mol. The first kappa shape index (κ1) is 32.5. The SMILES string of the molecule is Cc1cccc2c1-c1cc(c(F)c(C(F)(F)F)c1)[C@H](CC(=O)O)NC(=O)[C@@H](n1cc(Cl)c(C(F)(F)F)cc1=O)c1cccc(c1)O2. The lowest BCUT2D eigenvalue weighted by atomic mass is 9.91. The number of alkyl halides is 6. The normalized spacial score (nSPS) is 16.7. The van der Waals surface area contributed by atoms with Crippen molar-refractivity contribution in [2.75, 3.05) is 0 Å². The van der Waals surface area contributed by atoms with Gasteiger partial charge in [0.2, 0.25) is 5.91 Å². The third-order valence-electron chi connectivity index (χ3n) is 7.27. The molecule has 0 saturated heterocycles. The van der Waals surface area contributed by atoms with Gasteiger partial charge in [-0.1, -0.05) is 35.9 Å². The van der Waals surface area contributed by atoms with E-state index in [2.05, 4.69) is 5.32 Å². The number of pyridine rings is 1. The van der Waals surface area contributed by atoms with Crippen molar-refractivity contribution in [3.63, 3.8) is 0 Å². The number of halogens is 8. The van der Waals surface area contributed by atoms with Gasteiger partial charge in [0.05, 0.1) is 28.6 Å². The van der Waals surface area contributed by atoms with Gasteiger partial charge < -0.3 is 15.2 Å². The molecule has 46 heavy (non-hydrogen) atoms. The Morgan fingerprint density at radius 1 is 0.978 bits per heavy atom. The minimum atomic E-state index is -5.26. The topological polar surface area (TPSA) is 97.6 Å². The van der Waals surface area contributed by atoms with Crippen molar-refractivity contribution in [1.82, 2.24) is 9.88 Å². The van der Waals surface area contributed by atoms with E-state index in [1.165, 1.54) is 36.4 Å². The third kappa shape index (κ3) is 6.29. The van der Waals surface area contributed by atoms with Crippen LogP contribution in [0.1, 0.15) is 46.3 Å². The fourth-order valence-electron chi connectivity index (χ4n) is 5.27. The van der Waals surface area contributed by atoms with Crippen LogP contribution in [-0.4, -0.2) is 21.6 Å². The zero-order valence-corrected chi connectivity index (χ0v) is 24.0. The number of hydrogen-bond donors (Lipinski definition) is 2. The molecule has 1 aliphatic rings. The Labute approximate surface area is 259 Å². The third-order valence-corrected chi connectivity index (χ3v) is 7.57. The van der Waals surface area contributed by atoms with E-state index in [9.17, 15) is 45.8 Å². The number of benzene rings is 3. The molecule has 1 amide bonds. The number of aliphatic carboxylic acids is 1. The summed E-state index contributed by atoms with van der Waals surface area (Å²) in [4.78, 5) is 38.8. The van der Waals surface area contributed by atoms with E-state index in [0.717, 1.165) is 6.07 Å². The van der Waals surface area contributed by atoms with Gasteiger partial charge in [-0.3, -0.25) is 19.0 Å². The van der Waals surface area contributed by atoms with Crippen molar-refractivity contribution < 1.29 is 50.2 Å². The number of aromatic nitrogens is 1. The molecule has 0 radical (unpaired) electrons. The summed E-state index contributed by atoms with van der Waals surface area (Å²) >= 11 is 5.86. The van der Waals surface area contributed by atoms with Crippen LogP contribution >= 0.6 is 11.6 Å². The maximum atomic E-state index is 15.7. The molecule has 2 atom stereocenters. The number of nitrogens with one attached hydrogen (secondary N) is 1. The lowest BCUT2D eigenvalue weighted by Gasteiger charge is -2.26. The van der Waals surface area contributed by atoms with Crippen LogP contribution in [0, 0.1) is 12.7 Å². The monoisotopic (exact) mass is 668 g/mol. The van der Waals surface area contributed by atoms with Gasteiger partial charge in [-0.25, -0.2) is 4.39 Å². The van der Waals surface area contributed by atoms with E-state index in [4.69, 9.17) is 16.3 Å². The molecule has 0 fully saturated rings. The number of rotatable bonds is 3. The first-order chi connectivity index (χ1) is 21.5. The molecule has 3 aromatic carbocycles. The minimum Gasteiger partial charge on any atom is -0.481 e.